The summed E-state index contributed by atoms with van der Waals surface area (Å²) in [6.45, 7) is 9.49. The first kappa shape index (κ1) is 25.0. The Hall–Kier alpha value is 0. The molecule has 2 unspecified atom stereocenters. The van der Waals surface area contributed by atoms with Gasteiger partial charge in [-0.25, -0.2) is 0 Å². The van der Waals surface area contributed by atoms with Gasteiger partial charge in [-0.05, 0) is 18.3 Å². The first-order valence-electron chi connectivity index (χ1n) is 12.2. The molecule has 0 saturated heterocycles. The summed E-state index contributed by atoms with van der Waals surface area (Å²) in [6.07, 6.45) is 27.8. The highest BCUT2D eigenvalue weighted by molar-refractivity contribution is 4.59. The lowest BCUT2D eigenvalue weighted by molar-refractivity contribution is 0.374. The molecule has 0 amide bonds. The van der Waals surface area contributed by atoms with Crippen LogP contribution in [0.5, 0.6) is 0 Å². The van der Waals surface area contributed by atoms with E-state index in [-0.39, 0.29) is 0 Å². The molecule has 0 aromatic carbocycles. The quantitative estimate of drug-likeness (QED) is 0.191. The van der Waals surface area contributed by atoms with Crippen LogP contribution >= 0.6 is 0 Å². The van der Waals surface area contributed by atoms with E-state index in [0.29, 0.717) is 0 Å². The predicted octanol–water partition coefficient (Wildman–Crippen LogP) is 9.71. The summed E-state index contributed by atoms with van der Waals surface area (Å²) in [4.78, 5) is 0. The van der Waals surface area contributed by atoms with Crippen molar-refractivity contribution in [3.63, 3.8) is 0 Å². The lowest BCUT2D eigenvalue weighted by Crippen LogP contribution is -2.02. The summed E-state index contributed by atoms with van der Waals surface area (Å²) in [5.41, 5.74) is 0. The molecule has 0 aliphatic heterocycles. The summed E-state index contributed by atoms with van der Waals surface area (Å²) in [6, 6.07) is 0. The van der Waals surface area contributed by atoms with Crippen LogP contribution in [0.1, 0.15) is 150 Å². The highest BCUT2D eigenvalue weighted by Crippen LogP contribution is 2.20. The Morgan fingerprint density at radius 3 is 1.16 bits per heavy atom. The molecule has 0 rings (SSSR count). The zero-order chi connectivity index (χ0) is 18.6. The van der Waals surface area contributed by atoms with Crippen LogP contribution < -0.4 is 0 Å². The van der Waals surface area contributed by atoms with Gasteiger partial charge < -0.3 is 0 Å². The Kier molecular flexibility index (Phi) is 20.3. The molecular weight excluding hydrogens is 300 g/mol. The highest BCUT2D eigenvalue weighted by atomic mass is 14.1. The minimum Gasteiger partial charge on any atom is -0.0654 e. The Bertz CT molecular complexity index is 232. The topological polar surface area (TPSA) is 0 Å². The molecule has 0 aliphatic carbocycles. The molecular formula is C25H52. The fourth-order valence-corrected chi connectivity index (χ4v) is 4.01. The number of hydrogen-bond donors (Lipinski definition) is 0. The van der Waals surface area contributed by atoms with Gasteiger partial charge in [0.25, 0.3) is 0 Å². The van der Waals surface area contributed by atoms with Gasteiger partial charge in [0.15, 0.2) is 0 Å². The Labute approximate surface area is 161 Å². The van der Waals surface area contributed by atoms with Crippen LogP contribution in [0.25, 0.3) is 0 Å². The number of rotatable bonds is 20. The monoisotopic (exact) mass is 352 g/mol. The third kappa shape index (κ3) is 20.2. The largest absolute Gasteiger partial charge is 0.0654 e. The van der Waals surface area contributed by atoms with E-state index in [2.05, 4.69) is 27.7 Å². The number of hydrogen-bond acceptors (Lipinski definition) is 0. The first-order chi connectivity index (χ1) is 12.2. The molecule has 0 aliphatic rings. The summed E-state index contributed by atoms with van der Waals surface area (Å²) in [5, 5.41) is 0. The molecule has 0 aromatic heterocycles. The van der Waals surface area contributed by atoms with E-state index in [1.165, 1.54) is 122 Å². The SMILES string of the molecule is CCCCCCCCCCCCCCCCCCC(C)CC(C)CC. The number of unbranched alkanes of at least 4 members (excludes halogenated alkanes) is 15. The maximum Gasteiger partial charge on any atom is -0.0440 e. The van der Waals surface area contributed by atoms with Gasteiger partial charge in [-0.1, -0.05) is 143 Å². The van der Waals surface area contributed by atoms with Gasteiger partial charge in [-0.2, -0.15) is 0 Å². The van der Waals surface area contributed by atoms with Crippen molar-refractivity contribution in [1.82, 2.24) is 0 Å². The van der Waals surface area contributed by atoms with Gasteiger partial charge in [0.05, 0.1) is 0 Å². The molecule has 0 nitrogen and oxygen atoms in total. The zero-order valence-corrected chi connectivity index (χ0v) is 18.6. The van der Waals surface area contributed by atoms with Gasteiger partial charge in [0.2, 0.25) is 0 Å². The van der Waals surface area contributed by atoms with Crippen molar-refractivity contribution in [2.75, 3.05) is 0 Å². The molecule has 0 radical (unpaired) electrons. The van der Waals surface area contributed by atoms with Crippen molar-refractivity contribution in [2.24, 2.45) is 11.8 Å². The second-order valence-electron chi connectivity index (χ2n) is 8.95. The third-order valence-electron chi connectivity index (χ3n) is 6.05. The van der Waals surface area contributed by atoms with E-state index < -0.39 is 0 Å². The lowest BCUT2D eigenvalue weighted by Gasteiger charge is -2.15. The van der Waals surface area contributed by atoms with Crippen LogP contribution in [0.4, 0.5) is 0 Å². The molecule has 2 atom stereocenters. The van der Waals surface area contributed by atoms with Gasteiger partial charge in [0.1, 0.15) is 0 Å². The predicted molar refractivity (Wildman–Crippen MR) is 117 cm³/mol. The van der Waals surface area contributed by atoms with E-state index in [4.69, 9.17) is 0 Å². The van der Waals surface area contributed by atoms with Crippen molar-refractivity contribution in [2.45, 2.75) is 150 Å². The van der Waals surface area contributed by atoms with Crippen LogP contribution in [0.2, 0.25) is 0 Å². The fourth-order valence-electron chi connectivity index (χ4n) is 4.01. The van der Waals surface area contributed by atoms with E-state index in [9.17, 15) is 0 Å². The zero-order valence-electron chi connectivity index (χ0n) is 18.6. The van der Waals surface area contributed by atoms with Crippen molar-refractivity contribution < 1.29 is 0 Å². The molecule has 0 aromatic rings. The summed E-state index contributed by atoms with van der Waals surface area (Å²) < 4.78 is 0. The molecule has 0 N–H and O–H groups in total. The van der Waals surface area contributed by atoms with Crippen molar-refractivity contribution in [1.29, 1.82) is 0 Å². The Balaban J connectivity index is 3.09. The van der Waals surface area contributed by atoms with Gasteiger partial charge in [0, 0.05) is 0 Å². The molecule has 25 heavy (non-hydrogen) atoms. The molecule has 0 bridgehead atoms. The van der Waals surface area contributed by atoms with Crippen LogP contribution in [0.3, 0.4) is 0 Å². The minimum absolute atomic E-state index is 0.927. The molecule has 0 fully saturated rings. The summed E-state index contributed by atoms with van der Waals surface area (Å²) in [7, 11) is 0. The molecule has 0 heteroatoms. The van der Waals surface area contributed by atoms with Crippen LogP contribution in [-0.4, -0.2) is 0 Å². The molecule has 0 saturated carbocycles. The van der Waals surface area contributed by atoms with Crippen molar-refractivity contribution in [3.8, 4) is 0 Å². The van der Waals surface area contributed by atoms with Gasteiger partial charge >= 0.3 is 0 Å². The maximum absolute atomic E-state index is 2.46. The molecule has 152 valence electrons. The third-order valence-corrected chi connectivity index (χ3v) is 6.05. The van der Waals surface area contributed by atoms with Gasteiger partial charge in [-0.15, -0.1) is 0 Å². The summed E-state index contributed by atoms with van der Waals surface area (Å²) >= 11 is 0. The van der Waals surface area contributed by atoms with E-state index in [0.717, 1.165) is 11.8 Å². The van der Waals surface area contributed by atoms with E-state index in [1.54, 1.807) is 0 Å². The minimum atomic E-state index is 0.927. The fraction of sp³-hybridized carbons (Fsp3) is 1.00. The smallest absolute Gasteiger partial charge is 0.0440 e. The van der Waals surface area contributed by atoms with Crippen molar-refractivity contribution in [3.05, 3.63) is 0 Å². The van der Waals surface area contributed by atoms with Crippen molar-refractivity contribution >= 4 is 0 Å². The maximum atomic E-state index is 2.46. The Morgan fingerprint density at radius 1 is 0.440 bits per heavy atom. The second-order valence-corrected chi connectivity index (χ2v) is 8.95. The Morgan fingerprint density at radius 2 is 0.800 bits per heavy atom. The highest BCUT2D eigenvalue weighted by Gasteiger charge is 2.06. The first-order valence-corrected chi connectivity index (χ1v) is 12.2. The van der Waals surface area contributed by atoms with E-state index >= 15 is 0 Å². The molecule has 0 spiro atoms. The second kappa shape index (κ2) is 20.3. The average Bonchev–Trinajstić information content (AvgIpc) is 2.61. The molecule has 0 heterocycles. The standard InChI is InChI=1S/C25H52/c1-5-7-8-9-10-11-12-13-14-15-16-17-18-19-20-21-22-25(4)23-24(3)6-2/h24-25H,5-23H2,1-4H3. The van der Waals surface area contributed by atoms with Crippen LogP contribution in [0, 0.1) is 11.8 Å². The van der Waals surface area contributed by atoms with Crippen LogP contribution in [0.15, 0.2) is 0 Å². The van der Waals surface area contributed by atoms with Gasteiger partial charge in [-0.3, -0.25) is 0 Å². The average molecular weight is 353 g/mol. The normalized spacial score (nSPS) is 13.9. The lowest BCUT2D eigenvalue weighted by atomic mass is 9.91. The summed E-state index contributed by atoms with van der Waals surface area (Å²) in [5.74, 6) is 1.87. The van der Waals surface area contributed by atoms with Crippen LogP contribution in [-0.2, 0) is 0 Å². The van der Waals surface area contributed by atoms with E-state index in [1.807, 2.05) is 0 Å².